The van der Waals surface area contributed by atoms with E-state index >= 15 is 0 Å². The van der Waals surface area contributed by atoms with Crippen LogP contribution in [0.3, 0.4) is 0 Å². The lowest BCUT2D eigenvalue weighted by Crippen LogP contribution is -2.13. The van der Waals surface area contributed by atoms with Gasteiger partial charge in [0.05, 0.1) is 0 Å². The molecule has 0 fully saturated rings. The Labute approximate surface area is 122 Å². The molecule has 19 heavy (non-hydrogen) atoms. The van der Waals surface area contributed by atoms with Gasteiger partial charge in [-0.2, -0.15) is 0 Å². The molecule has 1 N–H and O–H groups in total. The van der Waals surface area contributed by atoms with Crippen LogP contribution < -0.4 is 5.32 Å². The molecule has 0 saturated heterocycles. The summed E-state index contributed by atoms with van der Waals surface area (Å²) in [6.07, 6.45) is 0. The fourth-order valence-corrected chi connectivity index (χ4v) is 2.31. The van der Waals surface area contributed by atoms with Gasteiger partial charge in [0.25, 0.3) is 5.91 Å². The van der Waals surface area contributed by atoms with Crippen molar-refractivity contribution in [2.75, 3.05) is 5.32 Å². The highest BCUT2D eigenvalue weighted by molar-refractivity contribution is 9.10. The maximum atomic E-state index is 12.3. The van der Waals surface area contributed by atoms with Crippen molar-refractivity contribution >= 4 is 27.5 Å². The number of carbonyl (C=O) groups is 1. The molecule has 0 spiro atoms. The predicted molar refractivity (Wildman–Crippen MR) is 82.7 cm³/mol. The minimum absolute atomic E-state index is 0.0851. The van der Waals surface area contributed by atoms with Crippen molar-refractivity contribution in [3.63, 3.8) is 0 Å². The maximum Gasteiger partial charge on any atom is 0.255 e. The van der Waals surface area contributed by atoms with Crippen LogP contribution in [0.2, 0.25) is 0 Å². The molecule has 0 radical (unpaired) electrons. The van der Waals surface area contributed by atoms with Gasteiger partial charge in [0.2, 0.25) is 0 Å². The van der Waals surface area contributed by atoms with Crippen molar-refractivity contribution in [1.29, 1.82) is 0 Å². The Kier molecular flexibility index (Phi) is 4.05. The molecule has 2 nitrogen and oxygen atoms in total. The number of rotatable bonds is 2. The van der Waals surface area contributed by atoms with Gasteiger partial charge in [0.1, 0.15) is 0 Å². The number of carbonyl (C=O) groups excluding carboxylic acids is 1. The third kappa shape index (κ3) is 3.04. The van der Waals surface area contributed by atoms with Gasteiger partial charge in [-0.05, 0) is 49.6 Å². The van der Waals surface area contributed by atoms with Crippen LogP contribution in [0.1, 0.15) is 27.0 Å². The molecule has 3 heteroatoms. The molecule has 0 unspecified atom stereocenters. The summed E-state index contributed by atoms with van der Waals surface area (Å²) in [6, 6.07) is 11.6. The van der Waals surface area contributed by atoms with Gasteiger partial charge in [-0.1, -0.05) is 40.2 Å². The van der Waals surface area contributed by atoms with E-state index in [9.17, 15) is 4.79 Å². The van der Waals surface area contributed by atoms with Crippen LogP contribution in [0, 0.1) is 20.8 Å². The number of benzene rings is 2. The SMILES string of the molecule is Cc1ccc(C(=O)Nc2c(C)cccc2C)cc1Br. The second-order valence-electron chi connectivity index (χ2n) is 4.68. The molecule has 2 aromatic carbocycles. The Morgan fingerprint density at radius 2 is 1.63 bits per heavy atom. The Morgan fingerprint density at radius 1 is 1.00 bits per heavy atom. The first-order valence-electron chi connectivity index (χ1n) is 6.13. The largest absolute Gasteiger partial charge is 0.322 e. The highest BCUT2D eigenvalue weighted by atomic mass is 79.9. The first kappa shape index (κ1) is 13.8. The molecule has 0 saturated carbocycles. The zero-order valence-electron chi connectivity index (χ0n) is 11.3. The average molecular weight is 318 g/mol. The van der Waals surface area contributed by atoms with Crippen LogP contribution in [-0.4, -0.2) is 5.91 Å². The summed E-state index contributed by atoms with van der Waals surface area (Å²) in [7, 11) is 0. The quantitative estimate of drug-likeness (QED) is 0.859. The van der Waals surface area contributed by atoms with Crippen molar-refractivity contribution in [3.8, 4) is 0 Å². The van der Waals surface area contributed by atoms with E-state index in [2.05, 4.69) is 21.2 Å². The van der Waals surface area contributed by atoms with Gasteiger partial charge < -0.3 is 5.32 Å². The summed E-state index contributed by atoms with van der Waals surface area (Å²) < 4.78 is 0.946. The van der Waals surface area contributed by atoms with Crippen LogP contribution >= 0.6 is 15.9 Å². The van der Waals surface area contributed by atoms with E-state index in [4.69, 9.17) is 0 Å². The number of halogens is 1. The lowest BCUT2D eigenvalue weighted by atomic mass is 10.1. The zero-order chi connectivity index (χ0) is 14.0. The number of anilines is 1. The molecule has 0 aliphatic heterocycles. The summed E-state index contributed by atoms with van der Waals surface area (Å²) in [4.78, 5) is 12.3. The minimum atomic E-state index is -0.0851. The number of hydrogen-bond donors (Lipinski definition) is 1. The van der Waals surface area contributed by atoms with Crippen LogP contribution in [0.5, 0.6) is 0 Å². The number of aryl methyl sites for hydroxylation is 3. The normalized spacial score (nSPS) is 10.3. The van der Waals surface area contributed by atoms with Crippen molar-refractivity contribution in [3.05, 3.63) is 63.1 Å². The molecule has 1 amide bonds. The molecule has 0 heterocycles. The summed E-state index contributed by atoms with van der Waals surface area (Å²) in [5.74, 6) is -0.0851. The molecule has 0 atom stereocenters. The monoisotopic (exact) mass is 317 g/mol. The highest BCUT2D eigenvalue weighted by Crippen LogP contribution is 2.22. The Hall–Kier alpha value is -1.61. The summed E-state index contributed by atoms with van der Waals surface area (Å²) in [5.41, 5.74) is 4.80. The highest BCUT2D eigenvalue weighted by Gasteiger charge is 2.10. The van der Waals surface area contributed by atoms with Gasteiger partial charge in [-0.15, -0.1) is 0 Å². The van der Waals surface area contributed by atoms with E-state index < -0.39 is 0 Å². The van der Waals surface area contributed by atoms with Gasteiger partial charge in [0, 0.05) is 15.7 Å². The van der Waals surface area contributed by atoms with E-state index in [1.54, 1.807) is 0 Å². The van der Waals surface area contributed by atoms with Crippen molar-refractivity contribution < 1.29 is 4.79 Å². The van der Waals surface area contributed by atoms with Crippen LogP contribution in [0.4, 0.5) is 5.69 Å². The Balaban J connectivity index is 2.28. The third-order valence-electron chi connectivity index (χ3n) is 3.15. The number of amides is 1. The smallest absolute Gasteiger partial charge is 0.255 e. The van der Waals surface area contributed by atoms with Crippen LogP contribution in [0.25, 0.3) is 0 Å². The number of para-hydroxylation sites is 1. The van der Waals surface area contributed by atoms with Crippen LogP contribution in [0.15, 0.2) is 40.9 Å². The van der Waals surface area contributed by atoms with E-state index in [1.807, 2.05) is 57.2 Å². The van der Waals surface area contributed by atoms with E-state index in [0.717, 1.165) is 26.9 Å². The Bertz CT molecular complexity index is 614. The molecule has 0 aliphatic rings. The average Bonchev–Trinajstić information content (AvgIpc) is 2.37. The second-order valence-corrected chi connectivity index (χ2v) is 5.54. The second kappa shape index (κ2) is 5.57. The van der Waals surface area contributed by atoms with E-state index in [0.29, 0.717) is 5.56 Å². The number of nitrogens with one attached hydrogen (secondary N) is 1. The van der Waals surface area contributed by atoms with Gasteiger partial charge in [0.15, 0.2) is 0 Å². The molecule has 2 rings (SSSR count). The molecule has 98 valence electrons. The van der Waals surface area contributed by atoms with Gasteiger partial charge in [-0.25, -0.2) is 0 Å². The fourth-order valence-electron chi connectivity index (χ4n) is 1.93. The van der Waals surface area contributed by atoms with Gasteiger partial charge in [-0.3, -0.25) is 4.79 Å². The standard InChI is InChI=1S/C16H16BrNO/c1-10-7-8-13(9-14(10)17)16(19)18-15-11(2)5-4-6-12(15)3/h4-9H,1-3H3,(H,18,19). The van der Waals surface area contributed by atoms with E-state index in [1.165, 1.54) is 0 Å². The molecule has 0 aliphatic carbocycles. The molecule has 0 aromatic heterocycles. The number of hydrogen-bond acceptors (Lipinski definition) is 1. The lowest BCUT2D eigenvalue weighted by molar-refractivity contribution is 0.102. The van der Waals surface area contributed by atoms with Crippen molar-refractivity contribution in [1.82, 2.24) is 0 Å². The molecular weight excluding hydrogens is 302 g/mol. The van der Waals surface area contributed by atoms with Gasteiger partial charge >= 0.3 is 0 Å². The van der Waals surface area contributed by atoms with E-state index in [-0.39, 0.29) is 5.91 Å². The summed E-state index contributed by atoms with van der Waals surface area (Å²) in [6.45, 7) is 5.98. The Morgan fingerprint density at radius 3 is 2.21 bits per heavy atom. The predicted octanol–water partition coefficient (Wildman–Crippen LogP) is 4.63. The van der Waals surface area contributed by atoms with Crippen LogP contribution in [-0.2, 0) is 0 Å². The lowest BCUT2D eigenvalue weighted by Gasteiger charge is -2.12. The molecule has 2 aromatic rings. The summed E-state index contributed by atoms with van der Waals surface area (Å²) in [5, 5.41) is 2.98. The fraction of sp³-hybridized carbons (Fsp3) is 0.188. The minimum Gasteiger partial charge on any atom is -0.322 e. The molecule has 0 bridgehead atoms. The first-order valence-corrected chi connectivity index (χ1v) is 6.92. The van der Waals surface area contributed by atoms with Crippen molar-refractivity contribution in [2.24, 2.45) is 0 Å². The topological polar surface area (TPSA) is 29.1 Å². The third-order valence-corrected chi connectivity index (χ3v) is 4.01. The zero-order valence-corrected chi connectivity index (χ0v) is 12.8. The first-order chi connectivity index (χ1) is 8.99. The summed E-state index contributed by atoms with van der Waals surface area (Å²) >= 11 is 3.45. The van der Waals surface area contributed by atoms with Crippen molar-refractivity contribution in [2.45, 2.75) is 20.8 Å². The maximum absolute atomic E-state index is 12.3. The molecular formula is C16H16BrNO.